The van der Waals surface area contributed by atoms with Crippen LogP contribution in [0.25, 0.3) is 11.5 Å². The maximum atomic E-state index is 12.1. The summed E-state index contributed by atoms with van der Waals surface area (Å²) in [4.78, 5) is 27.9. The van der Waals surface area contributed by atoms with E-state index in [1.165, 1.54) is 4.57 Å². The van der Waals surface area contributed by atoms with Crippen molar-refractivity contribution in [2.24, 2.45) is 0 Å². The number of amides is 1. The minimum absolute atomic E-state index is 0.155. The Hall–Kier alpha value is -2.44. The van der Waals surface area contributed by atoms with Crippen LogP contribution in [0.2, 0.25) is 0 Å². The van der Waals surface area contributed by atoms with Crippen molar-refractivity contribution < 1.29 is 9.32 Å². The second-order valence-electron chi connectivity index (χ2n) is 5.36. The molecule has 0 fully saturated rings. The topological polar surface area (TPSA) is 90.0 Å². The maximum Gasteiger partial charge on any atom is 0.442 e. The number of pyridine rings is 1. The number of carbonyl (C=O) groups is 1. The first-order chi connectivity index (χ1) is 9.93. The molecule has 1 N–H and O–H groups in total. The summed E-state index contributed by atoms with van der Waals surface area (Å²) in [5.41, 5.74) is 0.147. The lowest BCUT2D eigenvalue weighted by molar-refractivity contribution is -0.123. The lowest BCUT2D eigenvalue weighted by Gasteiger charge is -2.24. The fourth-order valence-electron chi connectivity index (χ4n) is 1.74. The van der Waals surface area contributed by atoms with Crippen LogP contribution in [-0.4, -0.2) is 26.2 Å². The van der Waals surface area contributed by atoms with E-state index in [0.717, 1.165) is 6.42 Å². The predicted molar refractivity (Wildman–Crippen MR) is 76.5 cm³/mol. The first-order valence-corrected chi connectivity index (χ1v) is 6.72. The predicted octanol–water partition coefficient (Wildman–Crippen LogP) is 1.20. The molecule has 7 heteroatoms. The highest BCUT2D eigenvalue weighted by Gasteiger charge is 2.21. The van der Waals surface area contributed by atoms with Gasteiger partial charge in [0.15, 0.2) is 0 Å². The standard InChI is InChI=1S/C14H18N4O3/c1-4-14(2,3)16-11(19)9-18-12(17-21-13(18)20)10-7-5-6-8-15-10/h5-8H,4,9H2,1-3H3,(H,16,19). The summed E-state index contributed by atoms with van der Waals surface area (Å²) < 4.78 is 5.81. The summed E-state index contributed by atoms with van der Waals surface area (Å²) >= 11 is 0. The second-order valence-corrected chi connectivity index (χ2v) is 5.36. The van der Waals surface area contributed by atoms with Crippen LogP contribution >= 0.6 is 0 Å². The minimum Gasteiger partial charge on any atom is -0.350 e. The molecule has 2 aromatic rings. The molecule has 1 amide bonds. The molecule has 0 unspecified atom stereocenters. The summed E-state index contributed by atoms with van der Waals surface area (Å²) in [6, 6.07) is 5.22. The van der Waals surface area contributed by atoms with E-state index in [-0.39, 0.29) is 23.8 Å². The van der Waals surface area contributed by atoms with E-state index in [1.54, 1.807) is 24.4 Å². The summed E-state index contributed by atoms with van der Waals surface area (Å²) in [5.74, 6) is -0.713. The Kier molecular flexibility index (Phi) is 4.21. The molecular weight excluding hydrogens is 272 g/mol. The Morgan fingerprint density at radius 3 is 2.81 bits per heavy atom. The zero-order valence-corrected chi connectivity index (χ0v) is 12.3. The number of nitrogens with one attached hydrogen (secondary N) is 1. The van der Waals surface area contributed by atoms with Crippen molar-refractivity contribution in [2.45, 2.75) is 39.3 Å². The van der Waals surface area contributed by atoms with Crippen LogP contribution < -0.4 is 11.1 Å². The number of hydrogen-bond donors (Lipinski definition) is 1. The highest BCUT2D eigenvalue weighted by atomic mass is 16.5. The first kappa shape index (κ1) is 15.0. The van der Waals surface area contributed by atoms with Gasteiger partial charge in [0.25, 0.3) is 0 Å². The van der Waals surface area contributed by atoms with Gasteiger partial charge in [0, 0.05) is 11.7 Å². The average molecular weight is 290 g/mol. The molecule has 2 rings (SSSR count). The normalized spacial score (nSPS) is 11.4. The van der Waals surface area contributed by atoms with Gasteiger partial charge in [-0.3, -0.25) is 14.3 Å². The van der Waals surface area contributed by atoms with E-state index in [1.807, 2.05) is 20.8 Å². The number of nitrogens with zero attached hydrogens (tertiary/aromatic N) is 3. The third-order valence-electron chi connectivity index (χ3n) is 3.24. The van der Waals surface area contributed by atoms with Crippen molar-refractivity contribution in [1.29, 1.82) is 0 Å². The van der Waals surface area contributed by atoms with E-state index in [0.29, 0.717) is 5.69 Å². The number of hydrogen-bond acceptors (Lipinski definition) is 5. The highest BCUT2D eigenvalue weighted by molar-refractivity contribution is 5.77. The van der Waals surface area contributed by atoms with Crippen LogP contribution in [0.4, 0.5) is 0 Å². The third-order valence-corrected chi connectivity index (χ3v) is 3.24. The van der Waals surface area contributed by atoms with Gasteiger partial charge in [0.2, 0.25) is 11.7 Å². The Balaban J connectivity index is 2.24. The summed E-state index contributed by atoms with van der Waals surface area (Å²) in [7, 11) is 0. The number of rotatable bonds is 5. The molecule has 0 atom stereocenters. The molecule has 21 heavy (non-hydrogen) atoms. The largest absolute Gasteiger partial charge is 0.442 e. The van der Waals surface area contributed by atoms with Crippen LogP contribution in [0.3, 0.4) is 0 Å². The Labute approximate surface area is 122 Å². The summed E-state index contributed by atoms with van der Waals surface area (Å²) in [6.45, 7) is 5.66. The van der Waals surface area contributed by atoms with Crippen molar-refractivity contribution in [3.05, 3.63) is 34.9 Å². The van der Waals surface area contributed by atoms with Crippen LogP contribution in [0.15, 0.2) is 33.7 Å². The second kappa shape index (κ2) is 5.90. The molecule has 112 valence electrons. The quantitative estimate of drug-likeness (QED) is 0.893. The van der Waals surface area contributed by atoms with Gasteiger partial charge in [-0.2, -0.15) is 0 Å². The molecule has 7 nitrogen and oxygen atoms in total. The molecule has 0 aliphatic heterocycles. The van der Waals surface area contributed by atoms with Crippen molar-refractivity contribution in [3.63, 3.8) is 0 Å². The van der Waals surface area contributed by atoms with Crippen molar-refractivity contribution in [2.75, 3.05) is 0 Å². The highest BCUT2D eigenvalue weighted by Crippen LogP contribution is 2.12. The summed E-state index contributed by atoms with van der Waals surface area (Å²) in [5, 5.41) is 6.55. The van der Waals surface area contributed by atoms with E-state index in [4.69, 9.17) is 0 Å². The zero-order chi connectivity index (χ0) is 15.5. The zero-order valence-electron chi connectivity index (χ0n) is 12.3. The lowest BCUT2D eigenvalue weighted by Crippen LogP contribution is -2.45. The molecule has 0 radical (unpaired) electrons. The van der Waals surface area contributed by atoms with E-state index in [2.05, 4.69) is 20.0 Å². The van der Waals surface area contributed by atoms with Crippen molar-refractivity contribution in [3.8, 4) is 11.5 Å². The number of carbonyl (C=O) groups excluding carboxylic acids is 1. The molecule has 0 aliphatic carbocycles. The Bertz CT molecular complexity index is 673. The minimum atomic E-state index is -0.680. The molecule has 0 saturated heterocycles. The van der Waals surface area contributed by atoms with Gasteiger partial charge >= 0.3 is 5.76 Å². The monoisotopic (exact) mass is 290 g/mol. The molecular formula is C14H18N4O3. The van der Waals surface area contributed by atoms with Crippen LogP contribution in [0.5, 0.6) is 0 Å². The van der Waals surface area contributed by atoms with Gasteiger partial charge in [0.05, 0.1) is 0 Å². The molecule has 0 spiro atoms. The van der Waals surface area contributed by atoms with Crippen molar-refractivity contribution >= 4 is 5.91 Å². The molecule has 0 bridgehead atoms. The SMILES string of the molecule is CCC(C)(C)NC(=O)Cn1c(-c2ccccn2)noc1=O. The Morgan fingerprint density at radius 1 is 1.43 bits per heavy atom. The molecule has 0 saturated carbocycles. The molecule has 0 aliphatic rings. The van der Waals surface area contributed by atoms with Crippen LogP contribution in [0.1, 0.15) is 27.2 Å². The van der Waals surface area contributed by atoms with E-state index in [9.17, 15) is 9.59 Å². The molecule has 0 aromatic carbocycles. The average Bonchev–Trinajstić information content (AvgIpc) is 2.81. The fourth-order valence-corrected chi connectivity index (χ4v) is 1.74. The van der Waals surface area contributed by atoms with Gasteiger partial charge < -0.3 is 5.32 Å². The summed E-state index contributed by atoms with van der Waals surface area (Å²) in [6.07, 6.45) is 2.36. The van der Waals surface area contributed by atoms with E-state index >= 15 is 0 Å². The Morgan fingerprint density at radius 2 is 2.19 bits per heavy atom. The van der Waals surface area contributed by atoms with Gasteiger partial charge in [-0.25, -0.2) is 9.36 Å². The van der Waals surface area contributed by atoms with Crippen molar-refractivity contribution in [1.82, 2.24) is 20.0 Å². The number of aromatic nitrogens is 3. The van der Waals surface area contributed by atoms with Crippen LogP contribution in [-0.2, 0) is 11.3 Å². The maximum absolute atomic E-state index is 12.1. The van der Waals surface area contributed by atoms with Gasteiger partial charge in [-0.1, -0.05) is 18.1 Å². The molecule has 2 aromatic heterocycles. The van der Waals surface area contributed by atoms with Gasteiger partial charge in [0.1, 0.15) is 12.2 Å². The third kappa shape index (κ3) is 3.56. The lowest BCUT2D eigenvalue weighted by atomic mass is 10.0. The van der Waals surface area contributed by atoms with E-state index < -0.39 is 5.76 Å². The molecule has 2 heterocycles. The first-order valence-electron chi connectivity index (χ1n) is 6.72. The van der Waals surface area contributed by atoms with Gasteiger partial charge in [-0.05, 0) is 32.4 Å². The van der Waals surface area contributed by atoms with Crippen LogP contribution in [0, 0.1) is 0 Å². The fraction of sp³-hybridized carbons (Fsp3) is 0.429. The smallest absolute Gasteiger partial charge is 0.350 e. The van der Waals surface area contributed by atoms with Gasteiger partial charge in [-0.15, -0.1) is 0 Å².